The fourth-order valence-corrected chi connectivity index (χ4v) is 0.553. The third-order valence-corrected chi connectivity index (χ3v) is 0.937. The number of nitrogens with one attached hydrogen (secondary N) is 1. The molecule has 0 bridgehead atoms. The van der Waals surface area contributed by atoms with Gasteiger partial charge in [0.1, 0.15) is 0 Å². The van der Waals surface area contributed by atoms with Crippen molar-refractivity contribution in [3.8, 4) is 0 Å². The summed E-state index contributed by atoms with van der Waals surface area (Å²) in [4.78, 5) is 0. The average molecular weight is 122 g/mol. The van der Waals surface area contributed by atoms with Crippen molar-refractivity contribution in [2.75, 3.05) is 0 Å². The van der Waals surface area contributed by atoms with E-state index in [0.717, 1.165) is 0 Å². The Morgan fingerprint density at radius 2 is 2.11 bits per heavy atom. The fraction of sp³-hybridized carbons (Fsp3) is 0. The van der Waals surface area contributed by atoms with E-state index in [9.17, 15) is 0 Å². The fourth-order valence-electron chi connectivity index (χ4n) is 0.553. The van der Waals surface area contributed by atoms with Crippen LogP contribution in [-0.4, -0.2) is 30.8 Å². The first-order valence-electron chi connectivity index (χ1n) is 2.32. The van der Waals surface area contributed by atoms with E-state index in [2.05, 4.69) is 30.8 Å². The van der Waals surface area contributed by atoms with Crippen LogP contribution in [0, 0.1) is 0 Å². The largest absolute Gasteiger partial charge is 0.258 e. The van der Waals surface area contributed by atoms with Crippen LogP contribution < -0.4 is 0 Å². The van der Waals surface area contributed by atoms with Crippen molar-refractivity contribution in [1.29, 1.82) is 0 Å². The average Bonchev–Trinajstić information content (AvgIpc) is 2.33. The number of aromatic nitrogens is 6. The van der Waals surface area contributed by atoms with Gasteiger partial charge in [-0.2, -0.15) is 5.10 Å². The van der Waals surface area contributed by atoms with Crippen molar-refractivity contribution in [2.24, 2.45) is 0 Å². The summed E-state index contributed by atoms with van der Waals surface area (Å²) in [5.41, 5.74) is 1.19. The molecule has 2 heterocycles. The standard InChI is InChI=1S/C3H2N6/c1-2-3(6-4-1)7-9-8-5-2/h1H,(H,4,6,7,8). The topological polar surface area (TPSA) is 80.2 Å². The molecule has 0 aliphatic carbocycles. The maximum Gasteiger partial charge on any atom is 0.200 e. The number of aromatic amines is 1. The van der Waals surface area contributed by atoms with Gasteiger partial charge in [-0.05, 0) is 10.4 Å². The highest BCUT2D eigenvalue weighted by Gasteiger charge is 1.94. The van der Waals surface area contributed by atoms with Gasteiger partial charge in [0.2, 0.25) is 0 Å². The molecular weight excluding hydrogens is 120 g/mol. The molecule has 2 aromatic rings. The summed E-state index contributed by atoms with van der Waals surface area (Å²) in [6.07, 6.45) is 1.54. The predicted octanol–water partition coefficient (Wildman–Crippen LogP) is -0.857. The minimum atomic E-state index is 0.560. The van der Waals surface area contributed by atoms with Crippen LogP contribution in [0.25, 0.3) is 11.2 Å². The Morgan fingerprint density at radius 3 is 3.00 bits per heavy atom. The molecule has 0 amide bonds. The number of nitrogens with zero attached hydrogens (tertiary/aromatic N) is 5. The van der Waals surface area contributed by atoms with Crippen molar-refractivity contribution in [2.45, 2.75) is 0 Å². The summed E-state index contributed by atoms with van der Waals surface area (Å²) in [6, 6.07) is 0. The van der Waals surface area contributed by atoms with E-state index < -0.39 is 0 Å². The summed E-state index contributed by atoms with van der Waals surface area (Å²) < 4.78 is 0. The molecule has 44 valence electrons. The van der Waals surface area contributed by atoms with Crippen LogP contribution in [0.15, 0.2) is 6.20 Å². The number of rotatable bonds is 0. The van der Waals surface area contributed by atoms with Gasteiger partial charge in [0.05, 0.1) is 6.20 Å². The molecule has 2 aromatic heterocycles. The van der Waals surface area contributed by atoms with Gasteiger partial charge in [-0.25, -0.2) is 0 Å². The molecule has 6 nitrogen and oxygen atoms in total. The second-order valence-electron chi connectivity index (χ2n) is 1.48. The molecule has 0 aliphatic rings. The molecule has 0 spiro atoms. The second-order valence-corrected chi connectivity index (χ2v) is 1.48. The van der Waals surface area contributed by atoms with Crippen LogP contribution in [0.2, 0.25) is 0 Å². The van der Waals surface area contributed by atoms with Crippen molar-refractivity contribution in [3.63, 3.8) is 0 Å². The Morgan fingerprint density at radius 1 is 1.22 bits per heavy atom. The summed E-state index contributed by atoms with van der Waals surface area (Å²) in [6.45, 7) is 0. The second kappa shape index (κ2) is 1.44. The monoisotopic (exact) mass is 122 g/mol. The zero-order valence-corrected chi connectivity index (χ0v) is 4.31. The Kier molecular flexibility index (Phi) is 0.689. The lowest BCUT2D eigenvalue weighted by molar-refractivity contribution is 0.793. The van der Waals surface area contributed by atoms with Gasteiger partial charge in [0.25, 0.3) is 0 Å². The number of fused-ring (bicyclic) bond motifs is 1. The molecule has 0 aliphatic heterocycles. The Labute approximate surface area is 49.3 Å². The van der Waals surface area contributed by atoms with Gasteiger partial charge in [-0.1, -0.05) is 0 Å². The van der Waals surface area contributed by atoms with E-state index in [1.54, 1.807) is 0 Å². The molecule has 0 fully saturated rings. The third-order valence-electron chi connectivity index (χ3n) is 0.937. The van der Waals surface area contributed by atoms with Crippen LogP contribution in [0.4, 0.5) is 0 Å². The van der Waals surface area contributed by atoms with Crippen LogP contribution in [0.5, 0.6) is 0 Å². The molecule has 1 N–H and O–H groups in total. The lowest BCUT2D eigenvalue weighted by atomic mass is 10.6. The first kappa shape index (κ1) is 4.30. The molecular formula is C3H2N6. The highest BCUT2D eigenvalue weighted by Crippen LogP contribution is 1.95. The van der Waals surface area contributed by atoms with Crippen LogP contribution in [0.1, 0.15) is 0 Å². The maximum absolute atomic E-state index is 3.67. The van der Waals surface area contributed by atoms with Crippen molar-refractivity contribution in [3.05, 3.63) is 6.20 Å². The summed E-state index contributed by atoms with van der Waals surface area (Å²) in [5, 5.41) is 20.1. The highest BCUT2D eigenvalue weighted by molar-refractivity contribution is 5.66. The van der Waals surface area contributed by atoms with Gasteiger partial charge in [0, 0.05) is 0 Å². The molecule has 0 atom stereocenters. The SMILES string of the molecule is c1n[nH]c2nnnnc12. The number of hydrogen-bond acceptors (Lipinski definition) is 5. The van der Waals surface area contributed by atoms with Gasteiger partial charge in [-0.15, -0.1) is 10.2 Å². The maximum atomic E-state index is 3.67. The Balaban J connectivity index is 2.95. The number of H-pyrrole nitrogens is 1. The van der Waals surface area contributed by atoms with Crippen LogP contribution in [0.3, 0.4) is 0 Å². The highest BCUT2D eigenvalue weighted by atomic mass is 15.4. The molecule has 0 aromatic carbocycles. The van der Waals surface area contributed by atoms with E-state index in [1.165, 1.54) is 6.20 Å². The first-order valence-corrected chi connectivity index (χ1v) is 2.32. The van der Waals surface area contributed by atoms with E-state index >= 15 is 0 Å². The number of hydrogen-bond donors (Lipinski definition) is 1. The van der Waals surface area contributed by atoms with Crippen LogP contribution >= 0.6 is 0 Å². The quantitative estimate of drug-likeness (QED) is 0.492. The minimum absolute atomic E-state index is 0.560. The van der Waals surface area contributed by atoms with E-state index in [1.807, 2.05) is 0 Å². The lowest BCUT2D eigenvalue weighted by Gasteiger charge is -1.76. The molecule has 0 unspecified atom stereocenters. The summed E-state index contributed by atoms with van der Waals surface area (Å²) in [5.74, 6) is 0. The lowest BCUT2D eigenvalue weighted by Crippen LogP contribution is -1.89. The molecule has 6 heteroatoms. The summed E-state index contributed by atoms with van der Waals surface area (Å²) >= 11 is 0. The molecule has 2 rings (SSSR count). The van der Waals surface area contributed by atoms with Crippen LogP contribution in [-0.2, 0) is 0 Å². The van der Waals surface area contributed by atoms with E-state index in [0.29, 0.717) is 11.2 Å². The van der Waals surface area contributed by atoms with Crippen molar-refractivity contribution < 1.29 is 0 Å². The normalized spacial score (nSPS) is 10.2. The Hall–Kier alpha value is -1.59. The predicted molar refractivity (Wildman–Crippen MR) is 27.3 cm³/mol. The van der Waals surface area contributed by atoms with Gasteiger partial charge in [0.15, 0.2) is 11.2 Å². The van der Waals surface area contributed by atoms with Crippen molar-refractivity contribution >= 4 is 11.2 Å². The molecule has 0 saturated heterocycles. The van der Waals surface area contributed by atoms with Gasteiger partial charge >= 0.3 is 0 Å². The zero-order valence-electron chi connectivity index (χ0n) is 4.31. The van der Waals surface area contributed by atoms with E-state index in [4.69, 9.17) is 0 Å². The van der Waals surface area contributed by atoms with Gasteiger partial charge < -0.3 is 0 Å². The smallest absolute Gasteiger partial charge is 0.200 e. The Bertz CT molecular complexity index is 282. The first-order chi connectivity index (χ1) is 4.47. The molecule has 0 radical (unpaired) electrons. The van der Waals surface area contributed by atoms with Gasteiger partial charge in [-0.3, -0.25) is 5.10 Å². The summed E-state index contributed by atoms with van der Waals surface area (Å²) in [7, 11) is 0. The minimum Gasteiger partial charge on any atom is -0.258 e. The van der Waals surface area contributed by atoms with Crippen molar-refractivity contribution in [1.82, 2.24) is 30.8 Å². The third kappa shape index (κ3) is 0.525. The zero-order chi connectivity index (χ0) is 6.10. The van der Waals surface area contributed by atoms with E-state index in [-0.39, 0.29) is 0 Å². The molecule has 9 heavy (non-hydrogen) atoms. The molecule has 0 saturated carbocycles.